The lowest BCUT2D eigenvalue weighted by Crippen LogP contribution is -1.63. The fourth-order valence-corrected chi connectivity index (χ4v) is 0.408. The van der Waals surface area contributed by atoms with Gasteiger partial charge in [-0.25, -0.2) is 0 Å². The van der Waals surface area contributed by atoms with Gasteiger partial charge in [-0.1, -0.05) is 37.1 Å². The van der Waals surface area contributed by atoms with Crippen LogP contribution in [0.2, 0.25) is 0 Å². The van der Waals surface area contributed by atoms with E-state index in [2.05, 4.69) is 53.7 Å². The van der Waals surface area contributed by atoms with Gasteiger partial charge in [-0.15, -0.1) is 0 Å². The molecule has 0 atom stereocenters. The molecule has 0 aromatic heterocycles. The summed E-state index contributed by atoms with van der Waals surface area (Å²) in [5.41, 5.74) is 2.94. The van der Waals surface area contributed by atoms with Crippen LogP contribution in [0.1, 0.15) is 54.4 Å². The van der Waals surface area contributed by atoms with Crippen molar-refractivity contribution in [2.24, 2.45) is 0 Å². The van der Waals surface area contributed by atoms with Gasteiger partial charge >= 0.3 is 0 Å². The lowest BCUT2D eigenvalue weighted by Gasteiger charge is -1.85. The van der Waals surface area contributed by atoms with E-state index in [0.29, 0.717) is 0 Å². The van der Waals surface area contributed by atoms with Gasteiger partial charge in [-0.2, -0.15) is 0 Å². The highest BCUT2D eigenvalue weighted by Crippen LogP contribution is 1.94. The first-order chi connectivity index (χ1) is 5.62. The van der Waals surface area contributed by atoms with Crippen molar-refractivity contribution in [1.82, 2.24) is 0 Å². The minimum Gasteiger partial charge on any atom is -0.0887 e. The fraction of sp³-hybridized carbons (Fsp3) is 0.667. The van der Waals surface area contributed by atoms with Crippen LogP contribution in [0.3, 0.4) is 0 Å². The normalized spacial score (nSPS) is 12.2. The number of hydrogen-bond donors (Lipinski definition) is 0. The van der Waals surface area contributed by atoms with Gasteiger partial charge in [-0.05, 0) is 40.5 Å². The Morgan fingerprint density at radius 3 is 1.08 bits per heavy atom. The molecule has 0 unspecified atom stereocenters. The summed E-state index contributed by atoms with van der Waals surface area (Å²) in [7, 11) is 0. The number of allylic oxidation sites excluding steroid dienone is 4. The SMILES string of the molecule is C/C=C(/C)CC.C/C=C(\C)CC. The van der Waals surface area contributed by atoms with Crippen molar-refractivity contribution in [2.45, 2.75) is 54.4 Å². The highest BCUT2D eigenvalue weighted by molar-refractivity contribution is 4.93. The maximum absolute atomic E-state index is 2.16. The molecule has 0 saturated heterocycles. The number of hydrogen-bond acceptors (Lipinski definition) is 0. The van der Waals surface area contributed by atoms with Crippen molar-refractivity contribution >= 4 is 0 Å². The average Bonchev–Trinajstić information content (AvgIpc) is 2.16. The molecule has 0 heterocycles. The molecule has 0 amide bonds. The molecule has 0 aliphatic carbocycles. The van der Waals surface area contributed by atoms with Crippen LogP contribution in [0.4, 0.5) is 0 Å². The van der Waals surface area contributed by atoms with Crippen LogP contribution in [-0.4, -0.2) is 0 Å². The molecule has 0 spiro atoms. The van der Waals surface area contributed by atoms with Crippen molar-refractivity contribution in [3.63, 3.8) is 0 Å². The second-order valence-corrected chi connectivity index (χ2v) is 2.98. The third kappa shape index (κ3) is 12.2. The molecule has 0 aliphatic heterocycles. The van der Waals surface area contributed by atoms with Crippen molar-refractivity contribution in [2.75, 3.05) is 0 Å². The van der Waals surface area contributed by atoms with Crippen LogP contribution in [0.5, 0.6) is 0 Å². The Labute approximate surface area is 78.4 Å². The summed E-state index contributed by atoms with van der Waals surface area (Å²) in [5.74, 6) is 0. The average molecular weight is 168 g/mol. The fourth-order valence-electron chi connectivity index (χ4n) is 0.408. The van der Waals surface area contributed by atoms with Crippen LogP contribution in [0.15, 0.2) is 23.3 Å². The Bertz CT molecular complexity index is 120. The van der Waals surface area contributed by atoms with Gasteiger partial charge in [0, 0.05) is 0 Å². The van der Waals surface area contributed by atoms with Crippen molar-refractivity contribution < 1.29 is 0 Å². The van der Waals surface area contributed by atoms with Gasteiger partial charge in [-0.3, -0.25) is 0 Å². The zero-order valence-corrected chi connectivity index (χ0v) is 9.57. The van der Waals surface area contributed by atoms with E-state index in [0.717, 1.165) is 0 Å². The summed E-state index contributed by atoms with van der Waals surface area (Å²) >= 11 is 0. The molecule has 0 rings (SSSR count). The van der Waals surface area contributed by atoms with Crippen molar-refractivity contribution in [3.8, 4) is 0 Å². The molecule has 0 aromatic rings. The van der Waals surface area contributed by atoms with E-state index in [4.69, 9.17) is 0 Å². The second-order valence-electron chi connectivity index (χ2n) is 2.98. The number of rotatable bonds is 2. The molecule has 0 nitrogen and oxygen atoms in total. The molecule has 0 N–H and O–H groups in total. The van der Waals surface area contributed by atoms with Gasteiger partial charge in [0.1, 0.15) is 0 Å². The third-order valence-electron chi connectivity index (χ3n) is 2.10. The second kappa shape index (κ2) is 10.5. The summed E-state index contributed by atoms with van der Waals surface area (Å²) in [6.07, 6.45) is 6.66. The molecule has 0 bridgehead atoms. The Balaban J connectivity index is 0. The zero-order valence-electron chi connectivity index (χ0n) is 9.57. The molecule has 12 heavy (non-hydrogen) atoms. The highest BCUT2D eigenvalue weighted by atomic mass is 13.8. The van der Waals surface area contributed by atoms with Gasteiger partial charge < -0.3 is 0 Å². The third-order valence-corrected chi connectivity index (χ3v) is 2.10. The van der Waals surface area contributed by atoms with Crippen LogP contribution in [-0.2, 0) is 0 Å². The van der Waals surface area contributed by atoms with E-state index >= 15 is 0 Å². The van der Waals surface area contributed by atoms with Gasteiger partial charge in [0.05, 0.1) is 0 Å². The standard InChI is InChI=1S/2C6H12/c2*1-4-6(3)5-2/h2*4H,5H2,1-3H3/b6-4+;6-4-. The Morgan fingerprint density at radius 2 is 1.08 bits per heavy atom. The molecule has 0 fully saturated rings. The topological polar surface area (TPSA) is 0 Å². The summed E-state index contributed by atoms with van der Waals surface area (Å²) in [6.45, 7) is 12.7. The molecule has 0 heteroatoms. The van der Waals surface area contributed by atoms with Gasteiger partial charge in [0.2, 0.25) is 0 Å². The summed E-state index contributed by atoms with van der Waals surface area (Å²) < 4.78 is 0. The summed E-state index contributed by atoms with van der Waals surface area (Å²) in [5, 5.41) is 0. The summed E-state index contributed by atoms with van der Waals surface area (Å²) in [4.78, 5) is 0. The molecule has 0 saturated carbocycles. The van der Waals surface area contributed by atoms with Crippen LogP contribution < -0.4 is 0 Å². The molecular weight excluding hydrogens is 144 g/mol. The maximum atomic E-state index is 2.16. The predicted octanol–water partition coefficient (Wildman–Crippen LogP) is 4.73. The van der Waals surface area contributed by atoms with Gasteiger partial charge in [0.25, 0.3) is 0 Å². The largest absolute Gasteiger partial charge is 0.0887 e. The van der Waals surface area contributed by atoms with E-state index in [1.807, 2.05) is 0 Å². The predicted molar refractivity (Wildman–Crippen MR) is 59.4 cm³/mol. The van der Waals surface area contributed by atoms with E-state index in [9.17, 15) is 0 Å². The first kappa shape index (κ1) is 14.0. The zero-order chi connectivity index (χ0) is 9.98. The van der Waals surface area contributed by atoms with Crippen LogP contribution in [0, 0.1) is 0 Å². The Kier molecular flexibility index (Phi) is 12.3. The molecular formula is C12H24. The van der Waals surface area contributed by atoms with Crippen LogP contribution >= 0.6 is 0 Å². The summed E-state index contributed by atoms with van der Waals surface area (Å²) in [6, 6.07) is 0. The Hall–Kier alpha value is -0.520. The van der Waals surface area contributed by atoms with Gasteiger partial charge in [0.15, 0.2) is 0 Å². The molecule has 0 aromatic carbocycles. The molecule has 0 radical (unpaired) electrons. The van der Waals surface area contributed by atoms with E-state index in [1.54, 1.807) is 0 Å². The van der Waals surface area contributed by atoms with E-state index in [1.165, 1.54) is 24.0 Å². The molecule has 0 aliphatic rings. The van der Waals surface area contributed by atoms with E-state index < -0.39 is 0 Å². The lowest BCUT2D eigenvalue weighted by atomic mass is 10.2. The first-order valence-corrected chi connectivity index (χ1v) is 4.85. The van der Waals surface area contributed by atoms with Crippen molar-refractivity contribution in [3.05, 3.63) is 23.3 Å². The monoisotopic (exact) mass is 168 g/mol. The smallest absolute Gasteiger partial charge is 0.0352 e. The Morgan fingerprint density at radius 1 is 0.833 bits per heavy atom. The lowest BCUT2D eigenvalue weighted by molar-refractivity contribution is 1.09. The quantitative estimate of drug-likeness (QED) is 0.523. The maximum Gasteiger partial charge on any atom is -0.0352 e. The van der Waals surface area contributed by atoms with E-state index in [-0.39, 0.29) is 0 Å². The highest BCUT2D eigenvalue weighted by Gasteiger charge is 1.73. The first-order valence-electron chi connectivity index (χ1n) is 4.85. The minimum atomic E-state index is 1.19. The minimum absolute atomic E-state index is 1.19. The van der Waals surface area contributed by atoms with Crippen molar-refractivity contribution in [1.29, 1.82) is 0 Å². The molecule has 72 valence electrons. The van der Waals surface area contributed by atoms with Crippen LogP contribution in [0.25, 0.3) is 0 Å².